The molecule has 5 N–H and O–H groups in total. The van der Waals surface area contributed by atoms with Crippen molar-refractivity contribution in [2.75, 3.05) is 25.6 Å². The molecule has 3 rings (SSSR count). The predicted octanol–water partition coefficient (Wildman–Crippen LogP) is 3.65. The summed E-state index contributed by atoms with van der Waals surface area (Å²) in [6.07, 6.45) is -1.01. The highest BCUT2D eigenvalue weighted by molar-refractivity contribution is 7.46. The smallest absolute Gasteiger partial charge is 0.447 e. The van der Waals surface area contributed by atoms with Gasteiger partial charge in [-0.25, -0.2) is 23.5 Å². The molecule has 3 aromatic rings. The molecule has 1 heterocycles. The second-order valence-electron chi connectivity index (χ2n) is 8.45. The highest BCUT2D eigenvalue weighted by atomic mass is 35.5. The molecule has 2 aromatic carbocycles. The molecular formula is C24H27ClFN4O8P. The Morgan fingerprint density at radius 1 is 1.15 bits per heavy atom. The summed E-state index contributed by atoms with van der Waals surface area (Å²) >= 11 is 5.92. The minimum absolute atomic E-state index is 0.120. The summed E-state index contributed by atoms with van der Waals surface area (Å²) in [4.78, 5) is 48.3. The van der Waals surface area contributed by atoms with Crippen molar-refractivity contribution in [1.82, 2.24) is 15.2 Å². The van der Waals surface area contributed by atoms with E-state index in [1.54, 1.807) is 12.3 Å². The number of carbonyl (C=O) groups excluding carboxylic acids is 2. The fourth-order valence-electron chi connectivity index (χ4n) is 3.51. The quantitative estimate of drug-likeness (QED) is 0.211. The van der Waals surface area contributed by atoms with Crippen LogP contribution in [0.3, 0.4) is 0 Å². The van der Waals surface area contributed by atoms with Crippen LogP contribution < -0.4 is 10.6 Å². The van der Waals surface area contributed by atoms with Gasteiger partial charge in [-0.1, -0.05) is 48.0 Å². The van der Waals surface area contributed by atoms with E-state index in [2.05, 4.69) is 20.1 Å². The number of benzene rings is 2. The van der Waals surface area contributed by atoms with E-state index >= 15 is 0 Å². The van der Waals surface area contributed by atoms with E-state index in [1.807, 2.05) is 24.3 Å². The number of amides is 3. The number of halogens is 2. The Bertz CT molecular complexity index is 1360. The number of fused-ring (bicyclic) bond motifs is 1. The number of rotatable bonds is 11. The molecule has 0 aliphatic rings. The zero-order valence-electron chi connectivity index (χ0n) is 20.7. The Kier molecular flexibility index (Phi) is 10.6. The maximum Gasteiger partial charge on any atom is 0.469 e. The Hall–Kier alpha value is -3.32. The average molecular weight is 585 g/mol. The summed E-state index contributed by atoms with van der Waals surface area (Å²) in [5, 5.41) is 16.8. The van der Waals surface area contributed by atoms with Crippen LogP contribution in [0.15, 0.2) is 54.7 Å². The zero-order valence-corrected chi connectivity index (χ0v) is 22.3. The lowest BCUT2D eigenvalue weighted by Crippen LogP contribution is -2.47. The molecule has 0 spiro atoms. The number of hydrogen-bond acceptors (Lipinski definition) is 7. The summed E-state index contributed by atoms with van der Waals surface area (Å²) in [6.45, 7) is -1.26. The van der Waals surface area contributed by atoms with Gasteiger partial charge in [-0.3, -0.25) is 9.84 Å². The summed E-state index contributed by atoms with van der Waals surface area (Å²) in [7, 11) is -3.49. The van der Waals surface area contributed by atoms with Gasteiger partial charge in [0.15, 0.2) is 0 Å². The molecule has 1 aromatic heterocycles. The van der Waals surface area contributed by atoms with E-state index in [9.17, 15) is 23.7 Å². The molecule has 39 heavy (non-hydrogen) atoms. The number of phosphoric ester groups is 1. The lowest BCUT2D eigenvalue weighted by molar-refractivity contribution is 0.0452. The third kappa shape index (κ3) is 9.43. The molecule has 0 bridgehead atoms. The first-order valence-corrected chi connectivity index (χ1v) is 13.4. The topological polar surface area (TPSA) is 171 Å². The zero-order chi connectivity index (χ0) is 28.6. The lowest BCUT2D eigenvalue weighted by Gasteiger charge is -2.29. The number of hydrogen-bond donors (Lipinski definition) is 5. The lowest BCUT2D eigenvalue weighted by atomic mass is 10.1. The standard InChI is InChI=1S/C24H27ClFN4O8P/c1-30(23(32)28-12-17-7-4-8-20(26)22(17)25)18(10-19(31)14-38-39(34,35)36)13-37-24(33)29-21-9-15-5-2-3-6-16(15)11-27-21/h2-9,11,18-19,31H,10,12-14H2,1H3,(H,28,32)(H,27,29,33)(H2,34,35,36). The van der Waals surface area contributed by atoms with Crippen molar-refractivity contribution in [2.45, 2.75) is 25.1 Å². The van der Waals surface area contributed by atoms with Crippen molar-refractivity contribution in [1.29, 1.82) is 0 Å². The maximum absolute atomic E-state index is 13.7. The number of nitrogens with zero attached hydrogens (tertiary/aromatic N) is 2. The molecule has 0 fully saturated rings. The predicted molar refractivity (Wildman–Crippen MR) is 141 cm³/mol. The number of likely N-dealkylation sites (N-methyl/N-ethyl adjacent to an activating group) is 1. The number of aliphatic hydroxyl groups is 1. The van der Waals surface area contributed by atoms with E-state index in [0.29, 0.717) is 5.56 Å². The molecule has 2 atom stereocenters. The molecule has 3 amide bonds. The van der Waals surface area contributed by atoms with Gasteiger partial charge in [0.2, 0.25) is 0 Å². The molecule has 0 saturated carbocycles. The molecule has 0 aliphatic carbocycles. The number of anilines is 1. The first-order valence-electron chi connectivity index (χ1n) is 11.5. The van der Waals surface area contributed by atoms with Crippen LogP contribution >= 0.6 is 19.4 Å². The van der Waals surface area contributed by atoms with Gasteiger partial charge in [0.1, 0.15) is 18.2 Å². The maximum atomic E-state index is 13.7. The van der Waals surface area contributed by atoms with Crippen LogP contribution in [0.5, 0.6) is 0 Å². The first-order chi connectivity index (χ1) is 18.4. The Morgan fingerprint density at radius 2 is 1.87 bits per heavy atom. The highest BCUT2D eigenvalue weighted by Gasteiger charge is 2.26. The van der Waals surface area contributed by atoms with Crippen LogP contribution in [0.2, 0.25) is 5.02 Å². The number of aromatic nitrogens is 1. The molecular weight excluding hydrogens is 558 g/mol. The second kappa shape index (κ2) is 13.7. The fraction of sp³-hybridized carbons (Fsp3) is 0.292. The Morgan fingerprint density at radius 3 is 2.59 bits per heavy atom. The minimum atomic E-state index is -4.85. The molecule has 15 heteroatoms. The second-order valence-corrected chi connectivity index (χ2v) is 10.1. The van der Waals surface area contributed by atoms with Crippen LogP contribution in [-0.4, -0.2) is 69.3 Å². The van der Waals surface area contributed by atoms with Crippen LogP contribution in [0.25, 0.3) is 10.8 Å². The third-order valence-corrected chi connectivity index (χ3v) is 6.49. The normalized spacial score (nSPS) is 13.0. The van der Waals surface area contributed by atoms with Gasteiger partial charge in [-0.05, 0) is 29.5 Å². The monoisotopic (exact) mass is 584 g/mol. The van der Waals surface area contributed by atoms with Crippen molar-refractivity contribution in [3.05, 3.63) is 71.1 Å². The Balaban J connectivity index is 1.64. The molecule has 0 radical (unpaired) electrons. The van der Waals surface area contributed by atoms with E-state index in [0.717, 1.165) is 15.7 Å². The first kappa shape index (κ1) is 30.2. The molecule has 210 valence electrons. The molecule has 0 saturated heterocycles. The van der Waals surface area contributed by atoms with Gasteiger partial charge in [-0.2, -0.15) is 0 Å². The highest BCUT2D eigenvalue weighted by Crippen LogP contribution is 2.36. The van der Waals surface area contributed by atoms with E-state index in [4.69, 9.17) is 26.1 Å². The number of carbonyl (C=O) groups is 2. The molecule has 12 nitrogen and oxygen atoms in total. The van der Waals surface area contributed by atoms with Crippen molar-refractivity contribution in [2.24, 2.45) is 0 Å². The van der Waals surface area contributed by atoms with Gasteiger partial charge >= 0.3 is 19.9 Å². The number of phosphoric acid groups is 1. The van der Waals surface area contributed by atoms with Crippen LogP contribution in [-0.2, 0) is 20.4 Å². The largest absolute Gasteiger partial charge is 0.469 e. The minimum Gasteiger partial charge on any atom is -0.447 e. The molecule has 0 aliphatic heterocycles. The van der Waals surface area contributed by atoms with E-state index in [1.165, 1.54) is 25.2 Å². The number of ether oxygens (including phenoxy) is 1. The number of aliphatic hydroxyl groups excluding tert-OH is 1. The summed E-state index contributed by atoms with van der Waals surface area (Å²) < 4.78 is 34.2. The van der Waals surface area contributed by atoms with Gasteiger partial charge < -0.3 is 29.8 Å². The Labute approximate surface area is 227 Å². The van der Waals surface area contributed by atoms with E-state index in [-0.39, 0.29) is 23.8 Å². The fourth-order valence-corrected chi connectivity index (χ4v) is 4.07. The number of nitrogens with one attached hydrogen (secondary N) is 2. The van der Waals surface area contributed by atoms with Gasteiger partial charge in [0.25, 0.3) is 0 Å². The van der Waals surface area contributed by atoms with Gasteiger partial charge in [-0.15, -0.1) is 0 Å². The summed E-state index contributed by atoms with van der Waals surface area (Å²) in [6, 6.07) is 11.5. The van der Waals surface area contributed by atoms with Crippen molar-refractivity contribution >= 4 is 48.1 Å². The van der Waals surface area contributed by atoms with Crippen LogP contribution in [0.1, 0.15) is 12.0 Å². The third-order valence-electron chi connectivity index (χ3n) is 5.58. The molecule has 2 unspecified atom stereocenters. The SMILES string of the molecule is CN(C(=O)NCc1cccc(F)c1Cl)C(COC(=O)Nc1cc2ccccc2cn1)CC(O)COP(=O)(O)O. The summed E-state index contributed by atoms with van der Waals surface area (Å²) in [5.41, 5.74) is 0.323. The van der Waals surface area contributed by atoms with Gasteiger partial charge in [0, 0.05) is 25.2 Å². The van der Waals surface area contributed by atoms with Crippen LogP contribution in [0.4, 0.5) is 19.8 Å². The van der Waals surface area contributed by atoms with Crippen molar-refractivity contribution < 1.29 is 42.7 Å². The average Bonchev–Trinajstić information content (AvgIpc) is 2.89. The van der Waals surface area contributed by atoms with Crippen molar-refractivity contribution in [3.8, 4) is 0 Å². The van der Waals surface area contributed by atoms with Crippen molar-refractivity contribution in [3.63, 3.8) is 0 Å². The number of pyridine rings is 1. The van der Waals surface area contributed by atoms with Gasteiger partial charge in [0.05, 0.1) is 23.8 Å². The van der Waals surface area contributed by atoms with Crippen LogP contribution in [0, 0.1) is 5.82 Å². The summed E-state index contributed by atoms with van der Waals surface area (Å²) in [5.74, 6) is -0.425. The number of urea groups is 1. The van der Waals surface area contributed by atoms with E-state index < -0.39 is 51.1 Å².